The van der Waals surface area contributed by atoms with Gasteiger partial charge in [-0.15, -0.1) is 0 Å². The third-order valence-corrected chi connectivity index (χ3v) is 3.66. The highest BCUT2D eigenvalue weighted by molar-refractivity contribution is 6.39. The standard InChI is InChI=1S/C17H11N3O6/c21-14-4-2-1-3-10(14)9-13-15(22)18-17(24)19(16(13)23)11-5-7-12(8-6-11)20(25)26/h1-9,21H,(H,18,22,24)/b13-9+. The number of rotatable bonds is 3. The number of non-ortho nitro benzene ring substituents is 1. The van der Waals surface area contributed by atoms with Crippen molar-refractivity contribution >= 4 is 35.3 Å². The van der Waals surface area contributed by atoms with E-state index < -0.39 is 22.8 Å². The number of carbonyl (C=O) groups excluding carboxylic acids is 3. The van der Waals surface area contributed by atoms with Crippen LogP contribution in [0.15, 0.2) is 54.1 Å². The van der Waals surface area contributed by atoms with E-state index in [2.05, 4.69) is 0 Å². The van der Waals surface area contributed by atoms with E-state index in [1.807, 2.05) is 5.32 Å². The first kappa shape index (κ1) is 16.8. The quantitative estimate of drug-likeness (QED) is 0.375. The molecule has 2 N–H and O–H groups in total. The van der Waals surface area contributed by atoms with Gasteiger partial charge in [0, 0.05) is 17.7 Å². The van der Waals surface area contributed by atoms with Gasteiger partial charge in [0.25, 0.3) is 17.5 Å². The normalized spacial score (nSPS) is 15.9. The van der Waals surface area contributed by atoms with Gasteiger partial charge in [-0.25, -0.2) is 9.69 Å². The number of phenols is 1. The molecule has 0 atom stereocenters. The van der Waals surface area contributed by atoms with E-state index in [1.165, 1.54) is 24.3 Å². The van der Waals surface area contributed by atoms with Crippen LogP contribution in [0, 0.1) is 10.1 Å². The van der Waals surface area contributed by atoms with Crippen molar-refractivity contribution in [3.8, 4) is 5.75 Å². The van der Waals surface area contributed by atoms with Crippen LogP contribution in [-0.2, 0) is 9.59 Å². The van der Waals surface area contributed by atoms with Crippen LogP contribution in [0.1, 0.15) is 5.56 Å². The maximum absolute atomic E-state index is 12.6. The number of nitrogens with zero attached hydrogens (tertiary/aromatic N) is 2. The van der Waals surface area contributed by atoms with Crippen molar-refractivity contribution in [2.75, 3.05) is 4.90 Å². The number of phenolic OH excluding ortho intramolecular Hbond substituents is 1. The highest BCUT2D eigenvalue weighted by atomic mass is 16.6. The van der Waals surface area contributed by atoms with Gasteiger partial charge < -0.3 is 5.11 Å². The molecule has 130 valence electrons. The number of nitro groups is 1. The number of anilines is 1. The Bertz CT molecular complexity index is 965. The molecule has 9 heteroatoms. The predicted octanol–water partition coefficient (Wildman–Crippen LogP) is 1.97. The predicted molar refractivity (Wildman–Crippen MR) is 90.2 cm³/mol. The fourth-order valence-electron chi connectivity index (χ4n) is 2.38. The van der Waals surface area contributed by atoms with Crippen LogP contribution >= 0.6 is 0 Å². The SMILES string of the molecule is O=C1NC(=O)N(c2ccc([N+](=O)[O-])cc2)C(=O)/C1=C/c1ccccc1O. The minimum atomic E-state index is -0.969. The molecule has 0 aliphatic carbocycles. The number of carbonyl (C=O) groups is 3. The van der Waals surface area contributed by atoms with E-state index in [-0.39, 0.29) is 28.3 Å². The first-order valence-electron chi connectivity index (χ1n) is 7.32. The van der Waals surface area contributed by atoms with Crippen LogP contribution in [0.25, 0.3) is 6.08 Å². The summed E-state index contributed by atoms with van der Waals surface area (Å²) in [6.07, 6.45) is 1.16. The topological polar surface area (TPSA) is 130 Å². The molecule has 1 fully saturated rings. The summed E-state index contributed by atoms with van der Waals surface area (Å²) in [4.78, 5) is 47.5. The van der Waals surface area contributed by atoms with Crippen molar-refractivity contribution in [2.45, 2.75) is 0 Å². The molecule has 0 unspecified atom stereocenters. The van der Waals surface area contributed by atoms with Crippen LogP contribution in [0.2, 0.25) is 0 Å². The second-order valence-electron chi connectivity index (χ2n) is 5.29. The maximum atomic E-state index is 12.6. The summed E-state index contributed by atoms with van der Waals surface area (Å²) < 4.78 is 0. The molecule has 0 spiro atoms. The molecule has 9 nitrogen and oxygen atoms in total. The molecule has 1 aliphatic rings. The van der Waals surface area contributed by atoms with Gasteiger partial charge in [0.2, 0.25) is 0 Å². The molecule has 1 saturated heterocycles. The van der Waals surface area contributed by atoms with E-state index in [4.69, 9.17) is 0 Å². The molecule has 0 aromatic heterocycles. The van der Waals surface area contributed by atoms with Crippen molar-refractivity contribution in [2.24, 2.45) is 0 Å². The van der Waals surface area contributed by atoms with Crippen LogP contribution in [0.3, 0.4) is 0 Å². The van der Waals surface area contributed by atoms with Gasteiger partial charge in [0.1, 0.15) is 11.3 Å². The summed E-state index contributed by atoms with van der Waals surface area (Å²) in [5.41, 5.74) is -0.276. The Kier molecular flexibility index (Phi) is 4.19. The van der Waals surface area contributed by atoms with Gasteiger partial charge in [-0.05, 0) is 24.3 Å². The highest BCUT2D eigenvalue weighted by Gasteiger charge is 2.37. The lowest BCUT2D eigenvalue weighted by molar-refractivity contribution is -0.384. The fraction of sp³-hybridized carbons (Fsp3) is 0. The zero-order valence-corrected chi connectivity index (χ0v) is 13.1. The number of imide groups is 2. The average molecular weight is 353 g/mol. The number of hydrogen-bond acceptors (Lipinski definition) is 6. The molecule has 26 heavy (non-hydrogen) atoms. The number of benzene rings is 2. The van der Waals surface area contributed by atoms with Crippen LogP contribution in [-0.4, -0.2) is 27.9 Å². The monoisotopic (exact) mass is 353 g/mol. The van der Waals surface area contributed by atoms with Gasteiger partial charge in [-0.1, -0.05) is 18.2 Å². The third kappa shape index (κ3) is 3.00. The van der Waals surface area contributed by atoms with Crippen LogP contribution in [0.5, 0.6) is 5.75 Å². The van der Waals surface area contributed by atoms with E-state index in [0.29, 0.717) is 4.90 Å². The average Bonchev–Trinajstić information content (AvgIpc) is 2.60. The Morgan fingerprint density at radius 1 is 1.04 bits per heavy atom. The second kappa shape index (κ2) is 6.48. The van der Waals surface area contributed by atoms with Gasteiger partial charge >= 0.3 is 6.03 Å². The number of nitrogens with one attached hydrogen (secondary N) is 1. The number of urea groups is 1. The fourth-order valence-corrected chi connectivity index (χ4v) is 2.38. The number of aromatic hydroxyl groups is 1. The summed E-state index contributed by atoms with van der Waals surface area (Å²) in [7, 11) is 0. The van der Waals surface area contributed by atoms with E-state index in [1.54, 1.807) is 12.1 Å². The molecular weight excluding hydrogens is 342 g/mol. The summed E-state index contributed by atoms with van der Waals surface area (Å²) in [5, 5.41) is 22.5. The zero-order valence-electron chi connectivity index (χ0n) is 13.1. The molecule has 1 heterocycles. The molecule has 0 bridgehead atoms. The lowest BCUT2D eigenvalue weighted by Gasteiger charge is -2.26. The molecule has 2 aromatic rings. The molecule has 4 amide bonds. The minimum Gasteiger partial charge on any atom is -0.507 e. The van der Waals surface area contributed by atoms with Crippen molar-refractivity contribution in [3.05, 3.63) is 69.8 Å². The first-order chi connectivity index (χ1) is 12.4. The number of amides is 4. The van der Waals surface area contributed by atoms with Crippen molar-refractivity contribution in [1.82, 2.24) is 5.32 Å². The Hall–Kier alpha value is -4.01. The molecule has 1 aliphatic heterocycles. The molecular formula is C17H11N3O6. The highest BCUT2D eigenvalue weighted by Crippen LogP contribution is 2.25. The summed E-state index contributed by atoms with van der Waals surface area (Å²) in [6.45, 7) is 0. The van der Waals surface area contributed by atoms with Crippen LogP contribution < -0.4 is 10.2 Å². The third-order valence-electron chi connectivity index (χ3n) is 3.66. The van der Waals surface area contributed by atoms with Crippen molar-refractivity contribution < 1.29 is 24.4 Å². The number of barbiturate groups is 1. The second-order valence-corrected chi connectivity index (χ2v) is 5.29. The zero-order chi connectivity index (χ0) is 18.8. The minimum absolute atomic E-state index is 0.0637. The molecule has 2 aromatic carbocycles. The van der Waals surface area contributed by atoms with E-state index in [0.717, 1.165) is 18.2 Å². The van der Waals surface area contributed by atoms with Gasteiger partial charge in [-0.2, -0.15) is 0 Å². The van der Waals surface area contributed by atoms with Gasteiger partial charge in [0.05, 0.1) is 10.6 Å². The lowest BCUT2D eigenvalue weighted by Crippen LogP contribution is -2.54. The summed E-state index contributed by atoms with van der Waals surface area (Å²) in [6, 6.07) is 9.82. The van der Waals surface area contributed by atoms with Crippen molar-refractivity contribution in [1.29, 1.82) is 0 Å². The Labute approximate surface area is 146 Å². The smallest absolute Gasteiger partial charge is 0.335 e. The van der Waals surface area contributed by atoms with E-state index >= 15 is 0 Å². The number of hydrogen-bond donors (Lipinski definition) is 2. The molecule has 3 rings (SSSR count). The Morgan fingerprint density at radius 2 is 1.69 bits per heavy atom. The molecule has 0 saturated carbocycles. The lowest BCUT2D eigenvalue weighted by atomic mass is 10.1. The molecule has 0 radical (unpaired) electrons. The Balaban J connectivity index is 2.01. The van der Waals surface area contributed by atoms with Gasteiger partial charge in [-0.3, -0.25) is 25.0 Å². The number of nitro benzene ring substituents is 1. The van der Waals surface area contributed by atoms with Crippen molar-refractivity contribution in [3.63, 3.8) is 0 Å². The first-order valence-corrected chi connectivity index (χ1v) is 7.32. The van der Waals surface area contributed by atoms with E-state index in [9.17, 15) is 29.6 Å². The van der Waals surface area contributed by atoms with Crippen LogP contribution in [0.4, 0.5) is 16.2 Å². The maximum Gasteiger partial charge on any atom is 0.335 e. The Morgan fingerprint density at radius 3 is 2.31 bits per heavy atom. The largest absolute Gasteiger partial charge is 0.507 e. The summed E-state index contributed by atoms with van der Waals surface area (Å²) in [5.74, 6) is -1.95. The number of para-hydroxylation sites is 1. The summed E-state index contributed by atoms with van der Waals surface area (Å²) >= 11 is 0. The van der Waals surface area contributed by atoms with Gasteiger partial charge in [0.15, 0.2) is 0 Å².